The molecule has 0 aliphatic heterocycles. The molecule has 4 nitrogen and oxygen atoms in total. The molecule has 0 heterocycles. The maximum atomic E-state index is 12.1. The van der Waals surface area contributed by atoms with Gasteiger partial charge in [0.2, 0.25) is 0 Å². The number of alkyl halides is 1. The van der Waals surface area contributed by atoms with Gasteiger partial charge in [-0.1, -0.05) is 0 Å². The molecule has 0 bridgehead atoms. The van der Waals surface area contributed by atoms with Crippen LogP contribution in [0.3, 0.4) is 0 Å². The molecule has 1 N–H and O–H groups in total. The van der Waals surface area contributed by atoms with Gasteiger partial charge in [-0.3, -0.25) is 4.79 Å². The minimum absolute atomic E-state index is 0.00630. The number of ether oxygens (including phenoxy) is 2. The highest BCUT2D eigenvalue weighted by Crippen LogP contribution is 2.24. The normalized spacial score (nSPS) is 13.5. The van der Waals surface area contributed by atoms with Crippen molar-refractivity contribution in [3.05, 3.63) is 23.8 Å². The van der Waals surface area contributed by atoms with E-state index in [-0.39, 0.29) is 17.3 Å². The lowest BCUT2D eigenvalue weighted by Crippen LogP contribution is -2.34. The Hall–Kier alpha value is -1.42. The van der Waals surface area contributed by atoms with Crippen molar-refractivity contribution in [3.8, 4) is 11.5 Å². The minimum atomic E-state index is -0.177. The van der Waals surface area contributed by atoms with Crippen LogP contribution in [0.25, 0.3) is 0 Å². The van der Waals surface area contributed by atoms with E-state index in [1.165, 1.54) is 7.11 Å². The fraction of sp³-hybridized carbons (Fsp3) is 0.500. The van der Waals surface area contributed by atoms with Crippen molar-refractivity contribution < 1.29 is 14.3 Å². The first-order valence-corrected chi connectivity index (χ1v) is 6.58. The summed E-state index contributed by atoms with van der Waals surface area (Å²) in [5.74, 6) is 0.961. The molecule has 2 atom stereocenters. The number of hydrogen-bond acceptors (Lipinski definition) is 3. The van der Waals surface area contributed by atoms with Crippen molar-refractivity contribution in [3.63, 3.8) is 0 Å². The standard InChI is InChI=1S/C14H20ClNO3/c1-9(15)7-10(2)16-14(17)12-6-5-11(18-3)8-13(12)19-4/h5-6,8-10H,7H2,1-4H3,(H,16,17). The van der Waals surface area contributed by atoms with Gasteiger partial charge in [-0.05, 0) is 32.4 Å². The van der Waals surface area contributed by atoms with E-state index in [1.54, 1.807) is 25.3 Å². The van der Waals surface area contributed by atoms with E-state index in [0.29, 0.717) is 23.5 Å². The summed E-state index contributed by atoms with van der Waals surface area (Å²) in [6, 6.07) is 5.10. The Morgan fingerprint density at radius 2 is 2.00 bits per heavy atom. The van der Waals surface area contributed by atoms with E-state index >= 15 is 0 Å². The summed E-state index contributed by atoms with van der Waals surface area (Å²) >= 11 is 5.91. The van der Waals surface area contributed by atoms with Gasteiger partial charge in [-0.2, -0.15) is 0 Å². The molecule has 0 aliphatic rings. The quantitative estimate of drug-likeness (QED) is 0.818. The molecule has 19 heavy (non-hydrogen) atoms. The van der Waals surface area contributed by atoms with Crippen LogP contribution >= 0.6 is 11.6 Å². The molecule has 0 spiro atoms. The molecule has 0 saturated carbocycles. The minimum Gasteiger partial charge on any atom is -0.497 e. The zero-order chi connectivity index (χ0) is 14.4. The van der Waals surface area contributed by atoms with Gasteiger partial charge in [0, 0.05) is 17.5 Å². The molecule has 1 aromatic carbocycles. The van der Waals surface area contributed by atoms with Gasteiger partial charge in [0.05, 0.1) is 19.8 Å². The smallest absolute Gasteiger partial charge is 0.255 e. The van der Waals surface area contributed by atoms with Crippen molar-refractivity contribution in [2.45, 2.75) is 31.7 Å². The molecular formula is C14H20ClNO3. The average Bonchev–Trinajstić information content (AvgIpc) is 2.36. The molecule has 2 unspecified atom stereocenters. The SMILES string of the molecule is COc1ccc(C(=O)NC(C)CC(C)Cl)c(OC)c1. The van der Waals surface area contributed by atoms with Crippen LogP contribution in [-0.4, -0.2) is 31.5 Å². The van der Waals surface area contributed by atoms with Crippen LogP contribution in [0.4, 0.5) is 0 Å². The summed E-state index contributed by atoms with van der Waals surface area (Å²) in [6.07, 6.45) is 0.714. The van der Waals surface area contributed by atoms with Gasteiger partial charge < -0.3 is 14.8 Å². The number of carbonyl (C=O) groups excluding carboxylic acids is 1. The number of hydrogen-bond donors (Lipinski definition) is 1. The molecule has 0 radical (unpaired) electrons. The molecule has 1 aromatic rings. The monoisotopic (exact) mass is 285 g/mol. The van der Waals surface area contributed by atoms with Gasteiger partial charge >= 0.3 is 0 Å². The first kappa shape index (κ1) is 15.6. The lowest BCUT2D eigenvalue weighted by molar-refractivity contribution is 0.0935. The Balaban J connectivity index is 2.81. The van der Waals surface area contributed by atoms with E-state index in [4.69, 9.17) is 21.1 Å². The van der Waals surface area contributed by atoms with E-state index in [2.05, 4.69) is 5.32 Å². The van der Waals surface area contributed by atoms with Crippen molar-refractivity contribution in [1.82, 2.24) is 5.32 Å². The number of nitrogens with one attached hydrogen (secondary N) is 1. The summed E-state index contributed by atoms with van der Waals surface area (Å²) < 4.78 is 10.3. The van der Waals surface area contributed by atoms with Crippen LogP contribution in [0.15, 0.2) is 18.2 Å². The number of rotatable bonds is 6. The summed E-state index contributed by atoms with van der Waals surface area (Å²) in [5.41, 5.74) is 0.484. The zero-order valence-electron chi connectivity index (χ0n) is 11.7. The first-order chi connectivity index (χ1) is 8.97. The topological polar surface area (TPSA) is 47.6 Å². The van der Waals surface area contributed by atoms with Crippen LogP contribution in [0.2, 0.25) is 0 Å². The van der Waals surface area contributed by atoms with Gasteiger partial charge in [0.25, 0.3) is 5.91 Å². The Labute approximate surface area is 119 Å². The molecule has 0 saturated heterocycles. The fourth-order valence-corrected chi connectivity index (χ4v) is 2.10. The van der Waals surface area contributed by atoms with Gasteiger partial charge in [-0.15, -0.1) is 11.6 Å². The number of amides is 1. The maximum absolute atomic E-state index is 12.1. The van der Waals surface area contributed by atoms with Gasteiger partial charge in [-0.25, -0.2) is 0 Å². The van der Waals surface area contributed by atoms with Crippen LogP contribution in [-0.2, 0) is 0 Å². The second-order valence-electron chi connectivity index (χ2n) is 4.46. The molecular weight excluding hydrogens is 266 g/mol. The second kappa shape index (κ2) is 7.24. The lowest BCUT2D eigenvalue weighted by atomic mass is 10.1. The van der Waals surface area contributed by atoms with Crippen molar-refractivity contribution in [1.29, 1.82) is 0 Å². The number of methoxy groups -OCH3 is 2. The molecule has 1 rings (SSSR count). The molecule has 5 heteroatoms. The highest BCUT2D eigenvalue weighted by atomic mass is 35.5. The molecule has 0 aliphatic carbocycles. The molecule has 0 aromatic heterocycles. The molecule has 0 fully saturated rings. The number of halogens is 1. The van der Waals surface area contributed by atoms with E-state index in [1.807, 2.05) is 13.8 Å². The third kappa shape index (κ3) is 4.63. The van der Waals surface area contributed by atoms with Gasteiger partial charge in [0.1, 0.15) is 11.5 Å². The summed E-state index contributed by atoms with van der Waals surface area (Å²) in [7, 11) is 3.09. The predicted molar refractivity (Wildman–Crippen MR) is 76.4 cm³/mol. The van der Waals surface area contributed by atoms with Crippen molar-refractivity contribution in [2.75, 3.05) is 14.2 Å². The van der Waals surface area contributed by atoms with Crippen LogP contribution in [0, 0.1) is 0 Å². The zero-order valence-corrected chi connectivity index (χ0v) is 12.5. The van der Waals surface area contributed by atoms with Crippen LogP contribution in [0.5, 0.6) is 11.5 Å². The van der Waals surface area contributed by atoms with Crippen molar-refractivity contribution >= 4 is 17.5 Å². The fourth-order valence-electron chi connectivity index (χ4n) is 1.83. The first-order valence-electron chi connectivity index (χ1n) is 6.14. The van der Waals surface area contributed by atoms with Gasteiger partial charge in [0.15, 0.2) is 0 Å². The third-order valence-electron chi connectivity index (χ3n) is 2.71. The van der Waals surface area contributed by atoms with E-state index in [9.17, 15) is 4.79 Å². The summed E-state index contributed by atoms with van der Waals surface area (Å²) in [6.45, 7) is 3.82. The van der Waals surface area contributed by atoms with E-state index < -0.39 is 0 Å². The average molecular weight is 286 g/mol. The Morgan fingerprint density at radius 3 is 2.53 bits per heavy atom. The summed E-state index contributed by atoms with van der Waals surface area (Å²) in [5, 5.41) is 2.92. The summed E-state index contributed by atoms with van der Waals surface area (Å²) in [4.78, 5) is 12.1. The van der Waals surface area contributed by atoms with Crippen LogP contribution in [0.1, 0.15) is 30.6 Å². The highest BCUT2D eigenvalue weighted by Gasteiger charge is 2.16. The van der Waals surface area contributed by atoms with Crippen molar-refractivity contribution in [2.24, 2.45) is 0 Å². The Bertz CT molecular complexity index is 435. The molecule has 1 amide bonds. The Kier molecular flexibility index (Phi) is 5.96. The largest absolute Gasteiger partial charge is 0.497 e. The number of carbonyl (C=O) groups is 1. The lowest BCUT2D eigenvalue weighted by Gasteiger charge is -2.16. The number of benzene rings is 1. The van der Waals surface area contributed by atoms with Crippen LogP contribution < -0.4 is 14.8 Å². The third-order valence-corrected chi connectivity index (χ3v) is 2.89. The van der Waals surface area contributed by atoms with E-state index in [0.717, 1.165) is 0 Å². The highest BCUT2D eigenvalue weighted by molar-refractivity contribution is 6.20. The molecule has 106 valence electrons. The second-order valence-corrected chi connectivity index (χ2v) is 5.20. The Morgan fingerprint density at radius 1 is 1.32 bits per heavy atom. The maximum Gasteiger partial charge on any atom is 0.255 e. The predicted octanol–water partition coefficient (Wildman–Crippen LogP) is 2.84.